The number of hydrogen-bond donors (Lipinski definition) is 0. The average molecular weight is 347 g/mol. The van der Waals surface area contributed by atoms with Crippen molar-refractivity contribution in [1.29, 1.82) is 0 Å². The van der Waals surface area contributed by atoms with Crippen molar-refractivity contribution in [2.75, 3.05) is 0 Å². The first-order valence-electron chi connectivity index (χ1n) is 6.85. The summed E-state index contributed by atoms with van der Waals surface area (Å²) < 4.78 is 15.3. The van der Waals surface area contributed by atoms with Crippen LogP contribution in [0.5, 0.6) is 0 Å². The molecule has 0 bridgehead atoms. The van der Waals surface area contributed by atoms with E-state index in [1.807, 2.05) is 30.3 Å². The van der Waals surface area contributed by atoms with Gasteiger partial charge in [-0.2, -0.15) is 0 Å². The maximum absolute atomic E-state index is 13.8. The first-order valence-corrected chi connectivity index (χ1v) is 8.22. The number of rotatable bonds is 4. The number of aromatic nitrogens is 2. The smallest absolute Gasteiger partial charge is 0.280 e. The fourth-order valence-electron chi connectivity index (χ4n) is 2.10. The summed E-state index contributed by atoms with van der Waals surface area (Å²) >= 11 is 7.17. The van der Waals surface area contributed by atoms with Gasteiger partial charge in [0.15, 0.2) is 5.03 Å². The van der Waals surface area contributed by atoms with Gasteiger partial charge in [-0.3, -0.25) is 9.36 Å². The van der Waals surface area contributed by atoms with Crippen LogP contribution in [0.2, 0.25) is 5.02 Å². The number of halogens is 2. The van der Waals surface area contributed by atoms with E-state index in [4.69, 9.17) is 11.6 Å². The van der Waals surface area contributed by atoms with Crippen LogP contribution in [0.4, 0.5) is 4.39 Å². The standard InChI is InChI=1S/C17H12ClFN2OS/c18-14-7-4-8-15(19)13(14)11-23-16-17(22)21(10-9-20-16)12-5-2-1-3-6-12/h1-10H,11H2. The van der Waals surface area contributed by atoms with E-state index < -0.39 is 0 Å². The lowest BCUT2D eigenvalue weighted by atomic mass is 10.2. The van der Waals surface area contributed by atoms with Gasteiger partial charge in [-0.15, -0.1) is 0 Å². The number of thioether (sulfide) groups is 1. The largest absolute Gasteiger partial charge is 0.287 e. The molecule has 6 heteroatoms. The summed E-state index contributed by atoms with van der Waals surface area (Å²) in [6, 6.07) is 13.8. The molecule has 116 valence electrons. The van der Waals surface area contributed by atoms with Gasteiger partial charge in [0.25, 0.3) is 5.56 Å². The molecule has 0 saturated carbocycles. The van der Waals surface area contributed by atoms with Gasteiger partial charge in [-0.25, -0.2) is 9.37 Å². The number of benzene rings is 2. The quantitative estimate of drug-likeness (QED) is 0.660. The minimum absolute atomic E-state index is 0.240. The zero-order valence-electron chi connectivity index (χ0n) is 11.9. The van der Waals surface area contributed by atoms with Crippen molar-refractivity contribution in [1.82, 2.24) is 9.55 Å². The molecule has 0 atom stereocenters. The molecular formula is C17H12ClFN2OS. The molecule has 3 aromatic rings. The Morgan fingerprint density at radius 1 is 1.13 bits per heavy atom. The first-order chi connectivity index (χ1) is 11.2. The van der Waals surface area contributed by atoms with Crippen molar-refractivity contribution >= 4 is 23.4 Å². The monoisotopic (exact) mass is 346 g/mol. The number of nitrogens with zero attached hydrogens (tertiary/aromatic N) is 2. The van der Waals surface area contributed by atoms with Crippen LogP contribution in [-0.2, 0) is 5.75 Å². The van der Waals surface area contributed by atoms with Crippen molar-refractivity contribution in [3.63, 3.8) is 0 Å². The zero-order chi connectivity index (χ0) is 16.2. The van der Waals surface area contributed by atoms with Crippen LogP contribution in [0.15, 0.2) is 70.7 Å². The zero-order valence-corrected chi connectivity index (χ0v) is 13.5. The third-order valence-electron chi connectivity index (χ3n) is 3.26. The number of para-hydroxylation sites is 1. The molecule has 3 rings (SSSR count). The highest BCUT2D eigenvalue weighted by molar-refractivity contribution is 7.98. The normalized spacial score (nSPS) is 10.7. The van der Waals surface area contributed by atoms with Gasteiger partial charge in [-0.05, 0) is 24.3 Å². The van der Waals surface area contributed by atoms with E-state index in [1.165, 1.54) is 22.4 Å². The lowest BCUT2D eigenvalue weighted by Crippen LogP contribution is -2.20. The summed E-state index contributed by atoms with van der Waals surface area (Å²) in [5, 5.41) is 0.646. The molecule has 0 fully saturated rings. The minimum Gasteiger partial charge on any atom is -0.280 e. The molecular weight excluding hydrogens is 335 g/mol. The molecule has 0 saturated heterocycles. The highest BCUT2D eigenvalue weighted by Gasteiger charge is 2.11. The summed E-state index contributed by atoms with van der Waals surface area (Å²) in [6.45, 7) is 0. The van der Waals surface area contributed by atoms with Crippen LogP contribution in [0.25, 0.3) is 5.69 Å². The van der Waals surface area contributed by atoms with Crippen molar-refractivity contribution < 1.29 is 4.39 Å². The van der Waals surface area contributed by atoms with Crippen molar-refractivity contribution in [2.45, 2.75) is 10.8 Å². The summed E-state index contributed by atoms with van der Waals surface area (Å²) in [5.74, 6) is -0.142. The molecule has 3 nitrogen and oxygen atoms in total. The fraction of sp³-hybridized carbons (Fsp3) is 0.0588. The molecule has 2 aromatic carbocycles. The molecule has 0 unspecified atom stereocenters. The molecule has 0 aliphatic heterocycles. The van der Waals surface area contributed by atoms with Crippen LogP contribution in [0.1, 0.15) is 5.56 Å². The van der Waals surface area contributed by atoms with Crippen LogP contribution >= 0.6 is 23.4 Å². The SMILES string of the molecule is O=c1c(SCc2c(F)cccc2Cl)nccn1-c1ccccc1. The predicted octanol–water partition coefficient (Wildman–Crippen LogP) is 4.32. The summed E-state index contributed by atoms with van der Waals surface area (Å²) in [5.41, 5.74) is 0.886. The minimum atomic E-state index is -0.385. The Morgan fingerprint density at radius 2 is 1.91 bits per heavy atom. The summed E-state index contributed by atoms with van der Waals surface area (Å²) in [6.07, 6.45) is 3.16. The van der Waals surface area contributed by atoms with Gasteiger partial charge in [0.1, 0.15) is 5.82 Å². The Balaban J connectivity index is 1.89. The third kappa shape index (κ3) is 3.46. The second-order valence-electron chi connectivity index (χ2n) is 4.73. The Hall–Kier alpha value is -2.11. The predicted molar refractivity (Wildman–Crippen MR) is 90.8 cm³/mol. The maximum atomic E-state index is 13.8. The van der Waals surface area contributed by atoms with E-state index >= 15 is 0 Å². The van der Waals surface area contributed by atoms with E-state index in [0.717, 1.165) is 5.69 Å². The summed E-state index contributed by atoms with van der Waals surface area (Å²) in [7, 11) is 0. The topological polar surface area (TPSA) is 34.9 Å². The van der Waals surface area contributed by atoms with Crippen molar-refractivity contribution in [2.24, 2.45) is 0 Å². The Morgan fingerprint density at radius 3 is 2.65 bits per heavy atom. The van der Waals surface area contributed by atoms with Gasteiger partial charge in [-0.1, -0.05) is 47.6 Å². The van der Waals surface area contributed by atoms with Gasteiger partial charge in [0, 0.05) is 34.4 Å². The lowest BCUT2D eigenvalue weighted by molar-refractivity contribution is 0.617. The highest BCUT2D eigenvalue weighted by Crippen LogP contribution is 2.26. The van der Waals surface area contributed by atoms with Gasteiger partial charge >= 0.3 is 0 Å². The highest BCUT2D eigenvalue weighted by atomic mass is 35.5. The number of hydrogen-bond acceptors (Lipinski definition) is 3. The molecule has 1 aromatic heterocycles. The molecule has 0 aliphatic carbocycles. The van der Waals surface area contributed by atoms with Gasteiger partial charge < -0.3 is 0 Å². The Labute approximate surface area is 141 Å². The lowest BCUT2D eigenvalue weighted by Gasteiger charge is -2.08. The Kier molecular flexibility index (Phi) is 4.79. The third-order valence-corrected chi connectivity index (χ3v) is 4.60. The molecule has 0 spiro atoms. The van der Waals surface area contributed by atoms with Crippen LogP contribution < -0.4 is 5.56 Å². The molecule has 0 radical (unpaired) electrons. The maximum Gasteiger partial charge on any atom is 0.287 e. The second-order valence-corrected chi connectivity index (χ2v) is 6.10. The van der Waals surface area contributed by atoms with E-state index in [2.05, 4.69) is 4.98 Å². The molecule has 0 amide bonds. The molecule has 0 N–H and O–H groups in total. The van der Waals surface area contributed by atoms with E-state index in [0.29, 0.717) is 15.6 Å². The fourth-order valence-corrected chi connectivity index (χ4v) is 3.34. The van der Waals surface area contributed by atoms with E-state index in [-0.39, 0.29) is 17.1 Å². The van der Waals surface area contributed by atoms with Gasteiger partial charge in [0.05, 0.1) is 0 Å². The van der Waals surface area contributed by atoms with Gasteiger partial charge in [0.2, 0.25) is 0 Å². The van der Waals surface area contributed by atoms with Crippen LogP contribution in [0, 0.1) is 5.82 Å². The first kappa shape index (κ1) is 15.8. The van der Waals surface area contributed by atoms with E-state index in [1.54, 1.807) is 24.5 Å². The van der Waals surface area contributed by atoms with Crippen molar-refractivity contribution in [3.05, 3.63) is 87.7 Å². The summed E-state index contributed by atoms with van der Waals surface area (Å²) in [4.78, 5) is 16.6. The van der Waals surface area contributed by atoms with Crippen LogP contribution in [0.3, 0.4) is 0 Å². The molecule has 1 heterocycles. The molecule has 23 heavy (non-hydrogen) atoms. The van der Waals surface area contributed by atoms with Crippen LogP contribution in [-0.4, -0.2) is 9.55 Å². The Bertz CT molecular complexity index is 863. The average Bonchev–Trinajstić information content (AvgIpc) is 2.56. The van der Waals surface area contributed by atoms with E-state index in [9.17, 15) is 9.18 Å². The van der Waals surface area contributed by atoms with Crippen molar-refractivity contribution in [3.8, 4) is 5.69 Å². The molecule has 0 aliphatic rings. The second kappa shape index (κ2) is 6.98.